The molecule has 1 aromatic carbocycles. The lowest BCUT2D eigenvalue weighted by Gasteiger charge is -2.37. The van der Waals surface area contributed by atoms with Crippen molar-refractivity contribution in [2.45, 2.75) is 88.0 Å². The van der Waals surface area contributed by atoms with E-state index in [2.05, 4.69) is 20.9 Å². The molecule has 1 heterocycles. The van der Waals surface area contributed by atoms with Gasteiger partial charge in [0.15, 0.2) is 5.67 Å². The number of halogens is 2. The van der Waals surface area contributed by atoms with Crippen LogP contribution < -0.4 is 16.0 Å². The number of nitrogens with zero attached hydrogens (tertiary/aromatic N) is 3. The summed E-state index contributed by atoms with van der Waals surface area (Å²) in [6.45, 7) is 4.31. The number of hydrogen-bond donors (Lipinski definition) is 3. The predicted molar refractivity (Wildman–Crippen MR) is 165 cm³/mol. The van der Waals surface area contributed by atoms with Gasteiger partial charge in [0.05, 0.1) is 5.69 Å². The molecular weight excluding hydrogens is 582 g/mol. The minimum Gasteiger partial charge on any atom is -0.341 e. The van der Waals surface area contributed by atoms with Crippen LogP contribution in [-0.2, 0) is 14.4 Å². The molecule has 3 N–H and O–H groups in total. The van der Waals surface area contributed by atoms with Crippen LogP contribution in [0.3, 0.4) is 0 Å². The second-order valence-corrected chi connectivity index (χ2v) is 14.1. The fraction of sp³-hybridized carbons (Fsp3) is 0.697. The summed E-state index contributed by atoms with van der Waals surface area (Å²) in [5, 5.41) is 8.29. The van der Waals surface area contributed by atoms with E-state index in [9.17, 15) is 23.6 Å². The zero-order valence-electron chi connectivity index (χ0n) is 26.5. The summed E-state index contributed by atoms with van der Waals surface area (Å²) in [4.78, 5) is 58.6. The van der Waals surface area contributed by atoms with Crippen LogP contribution in [0.4, 0.5) is 19.3 Å². The molecule has 1 aromatic rings. The van der Waals surface area contributed by atoms with Gasteiger partial charge in [0.1, 0.15) is 17.9 Å². The zero-order valence-corrected chi connectivity index (χ0v) is 26.5. The molecule has 0 spiro atoms. The second kappa shape index (κ2) is 12.5. The average molecular weight is 629 g/mol. The molecule has 12 heteroatoms. The molecule has 6 rings (SSSR count). The van der Waals surface area contributed by atoms with Crippen molar-refractivity contribution in [3.8, 4) is 0 Å². The van der Waals surface area contributed by atoms with Gasteiger partial charge in [-0.05, 0) is 93.9 Å². The number of alkyl halides is 1. The first-order valence-corrected chi connectivity index (χ1v) is 16.6. The summed E-state index contributed by atoms with van der Waals surface area (Å²) in [6.07, 6.45) is 6.00. The lowest BCUT2D eigenvalue weighted by Crippen LogP contribution is -2.57. The third kappa shape index (κ3) is 7.26. The number of benzene rings is 1. The number of hydrogen-bond acceptors (Lipinski definition) is 5. The van der Waals surface area contributed by atoms with Crippen LogP contribution >= 0.6 is 0 Å². The van der Waals surface area contributed by atoms with Crippen LogP contribution in [0.5, 0.6) is 0 Å². The van der Waals surface area contributed by atoms with E-state index in [1.807, 2.05) is 7.05 Å². The highest BCUT2D eigenvalue weighted by atomic mass is 19.1. The third-order valence-corrected chi connectivity index (χ3v) is 10.4. The van der Waals surface area contributed by atoms with Gasteiger partial charge < -0.3 is 30.7 Å². The van der Waals surface area contributed by atoms with E-state index in [0.717, 1.165) is 51.6 Å². The minimum absolute atomic E-state index is 0.0543. The molecule has 5 fully saturated rings. The lowest BCUT2D eigenvalue weighted by atomic mass is 9.88. The Balaban J connectivity index is 1.18. The van der Waals surface area contributed by atoms with Crippen LogP contribution in [0.25, 0.3) is 0 Å². The first-order chi connectivity index (χ1) is 21.4. The van der Waals surface area contributed by atoms with E-state index in [1.165, 1.54) is 12.1 Å². The van der Waals surface area contributed by atoms with E-state index >= 15 is 4.39 Å². The Morgan fingerprint density at radius 1 is 0.933 bits per heavy atom. The molecule has 246 valence electrons. The Labute approximate surface area is 263 Å². The van der Waals surface area contributed by atoms with Crippen LogP contribution in [0, 0.1) is 23.6 Å². The number of amides is 5. The van der Waals surface area contributed by atoms with Crippen molar-refractivity contribution in [3.05, 3.63) is 29.6 Å². The first-order valence-electron chi connectivity index (χ1n) is 16.6. The number of rotatable bonds is 12. The van der Waals surface area contributed by atoms with Gasteiger partial charge in [-0.1, -0.05) is 13.0 Å². The Morgan fingerprint density at radius 2 is 1.56 bits per heavy atom. The summed E-state index contributed by atoms with van der Waals surface area (Å²) < 4.78 is 30.2. The van der Waals surface area contributed by atoms with Crippen molar-refractivity contribution < 1.29 is 28.0 Å². The molecule has 10 nitrogen and oxygen atoms in total. The van der Waals surface area contributed by atoms with Gasteiger partial charge in [-0.25, -0.2) is 13.6 Å². The lowest BCUT2D eigenvalue weighted by molar-refractivity contribution is -0.135. The maximum Gasteiger partial charge on any atom is 0.318 e. The maximum atomic E-state index is 15.6. The predicted octanol–water partition coefficient (Wildman–Crippen LogP) is 3.24. The molecule has 5 aliphatic rings. The van der Waals surface area contributed by atoms with Gasteiger partial charge >= 0.3 is 6.03 Å². The molecule has 1 aliphatic heterocycles. The van der Waals surface area contributed by atoms with Crippen LogP contribution in [0.2, 0.25) is 0 Å². The van der Waals surface area contributed by atoms with Crippen molar-refractivity contribution in [1.29, 1.82) is 0 Å². The van der Waals surface area contributed by atoms with E-state index < -0.39 is 41.3 Å². The van der Waals surface area contributed by atoms with Gasteiger partial charge in [-0.2, -0.15) is 0 Å². The molecule has 1 saturated heterocycles. The van der Waals surface area contributed by atoms with Crippen molar-refractivity contribution in [1.82, 2.24) is 25.3 Å². The average Bonchev–Trinajstić information content (AvgIpc) is 3.81. The van der Waals surface area contributed by atoms with E-state index in [-0.39, 0.29) is 42.4 Å². The summed E-state index contributed by atoms with van der Waals surface area (Å²) >= 11 is 0. The first kappa shape index (κ1) is 31.7. The van der Waals surface area contributed by atoms with Gasteiger partial charge in [0, 0.05) is 45.2 Å². The van der Waals surface area contributed by atoms with E-state index in [0.29, 0.717) is 30.5 Å². The third-order valence-electron chi connectivity index (χ3n) is 10.4. The van der Waals surface area contributed by atoms with Crippen molar-refractivity contribution in [2.75, 3.05) is 45.6 Å². The molecule has 5 amide bonds. The fourth-order valence-electron chi connectivity index (χ4n) is 6.64. The number of carbonyl (C=O) groups excluding carboxylic acids is 4. The molecule has 0 aromatic heterocycles. The molecule has 4 saturated carbocycles. The number of likely N-dealkylation sites (N-methyl/N-ethyl adjacent to an activating group) is 1. The molecule has 0 bridgehead atoms. The Morgan fingerprint density at radius 3 is 2.09 bits per heavy atom. The molecule has 45 heavy (non-hydrogen) atoms. The molecule has 3 atom stereocenters. The second-order valence-electron chi connectivity index (χ2n) is 14.1. The van der Waals surface area contributed by atoms with Crippen molar-refractivity contribution in [3.63, 3.8) is 0 Å². The topological polar surface area (TPSA) is 114 Å². The van der Waals surface area contributed by atoms with Crippen LogP contribution in [-0.4, -0.2) is 103 Å². The van der Waals surface area contributed by atoms with Gasteiger partial charge in [0.2, 0.25) is 11.8 Å². The maximum absolute atomic E-state index is 15.6. The fourth-order valence-corrected chi connectivity index (χ4v) is 6.64. The van der Waals surface area contributed by atoms with E-state index in [4.69, 9.17) is 0 Å². The highest BCUT2D eigenvalue weighted by molar-refractivity contribution is 5.99. The highest BCUT2D eigenvalue weighted by Gasteiger charge is 2.54. The Hall–Kier alpha value is -3.28. The zero-order chi connectivity index (χ0) is 32.0. The molecule has 0 radical (unpaired) electrons. The van der Waals surface area contributed by atoms with Gasteiger partial charge in [0.25, 0.3) is 5.91 Å². The largest absolute Gasteiger partial charge is 0.341 e. The van der Waals surface area contributed by atoms with Crippen LogP contribution in [0.1, 0.15) is 69.8 Å². The van der Waals surface area contributed by atoms with E-state index in [1.54, 1.807) is 29.8 Å². The quantitative estimate of drug-likeness (QED) is 0.329. The Bertz CT molecular complexity index is 1310. The summed E-state index contributed by atoms with van der Waals surface area (Å²) in [5.74, 6) is -2.29. The normalized spacial score (nSPS) is 23.1. The smallest absolute Gasteiger partial charge is 0.318 e. The van der Waals surface area contributed by atoms with Crippen molar-refractivity contribution in [2.24, 2.45) is 17.8 Å². The summed E-state index contributed by atoms with van der Waals surface area (Å²) in [5.41, 5.74) is -1.47. The number of piperazine rings is 1. The van der Waals surface area contributed by atoms with Gasteiger partial charge in [-0.15, -0.1) is 0 Å². The molecule has 0 unspecified atom stereocenters. The highest BCUT2D eigenvalue weighted by Crippen LogP contribution is 2.51. The van der Waals surface area contributed by atoms with Crippen molar-refractivity contribution >= 4 is 29.4 Å². The SMILES string of the molecule is C[C@@H](c1ccc(NC(=O)[C@@H](NC(=O)C2(F)CC2)C(C2CC2)C2CC2)c(F)c1)[C@@H](NC(=O)N(C)C1CC1)C(=O)N1CCN(C)CC1. The van der Waals surface area contributed by atoms with Crippen LogP contribution in [0.15, 0.2) is 18.2 Å². The van der Waals surface area contributed by atoms with Gasteiger partial charge in [-0.3, -0.25) is 14.4 Å². The number of urea groups is 1. The molecule has 4 aliphatic carbocycles. The standard InChI is InChI=1S/C33H46F2N6O4/c1-19(27(38-32(45)40(3)23-9-10-23)30(43)41-16-14-39(2)15-17-41)22-8-11-25(24(34)18-22)36-29(42)28(37-31(44)33(35)12-13-33)26(20-4-5-20)21-6-7-21/h8,11,18-21,23,26-28H,4-7,9-10,12-17H2,1-3H3,(H,36,42)(H,37,44)(H,38,45)/t19-,27+,28-/m0/s1. The Kier molecular flexibility index (Phi) is 8.80. The monoisotopic (exact) mass is 628 g/mol. The minimum atomic E-state index is -1.92. The number of carbonyl (C=O) groups is 4. The summed E-state index contributed by atoms with van der Waals surface area (Å²) in [7, 11) is 3.72. The number of anilines is 1. The number of nitrogens with one attached hydrogen (secondary N) is 3. The summed E-state index contributed by atoms with van der Waals surface area (Å²) in [6, 6.07) is 2.37. The molecular formula is C33H46F2N6O4.